The monoisotopic (exact) mass is 183 g/mol. The van der Waals surface area contributed by atoms with Crippen molar-refractivity contribution in [2.24, 2.45) is 0 Å². The summed E-state index contributed by atoms with van der Waals surface area (Å²) in [5, 5.41) is 11.4. The van der Waals surface area contributed by atoms with E-state index in [2.05, 4.69) is 9.73 Å². The highest BCUT2D eigenvalue weighted by Gasteiger charge is 2.09. The van der Waals surface area contributed by atoms with Crippen LogP contribution in [-0.4, -0.2) is 11.0 Å². The van der Waals surface area contributed by atoms with Crippen molar-refractivity contribution in [1.82, 2.24) is 0 Å². The van der Waals surface area contributed by atoms with Crippen molar-refractivity contribution in [3.05, 3.63) is 22.2 Å². The van der Waals surface area contributed by atoms with Crippen molar-refractivity contribution in [3.8, 4) is 5.75 Å². The van der Waals surface area contributed by atoms with Crippen LogP contribution in [0.3, 0.4) is 0 Å². The van der Waals surface area contributed by atoms with Gasteiger partial charge in [-0.3, -0.25) is 4.79 Å². The van der Waals surface area contributed by atoms with E-state index in [9.17, 15) is 14.7 Å². The first-order valence-corrected chi connectivity index (χ1v) is 3.62. The van der Waals surface area contributed by atoms with Crippen LogP contribution in [0.2, 0.25) is 0 Å². The molecule has 0 aliphatic rings. The van der Waals surface area contributed by atoms with Crippen LogP contribution in [0.1, 0.15) is 12.7 Å². The average molecular weight is 183 g/mol. The van der Waals surface area contributed by atoms with Gasteiger partial charge in [0.1, 0.15) is 11.5 Å². The fourth-order valence-electron chi connectivity index (χ4n) is 0.887. The summed E-state index contributed by atoms with van der Waals surface area (Å²) in [5.74, 6) is -0.438. The number of carbonyl (C=O) groups is 1. The predicted octanol–water partition coefficient (Wildman–Crippen LogP) is 0.612. The summed E-state index contributed by atoms with van der Waals surface area (Å²) >= 11 is 0. The molecule has 5 heteroatoms. The van der Waals surface area contributed by atoms with Crippen LogP contribution in [0.25, 0.3) is 0 Å². The number of nitrogens with one attached hydrogen (secondary N) is 1. The quantitative estimate of drug-likeness (QED) is 0.668. The number of aryl methyl sites for hydroxylation is 1. The Hall–Kier alpha value is -1.78. The smallest absolute Gasteiger partial charge is 0.363 e. The minimum atomic E-state index is -0.757. The van der Waals surface area contributed by atoms with Gasteiger partial charge in [-0.15, -0.1) is 0 Å². The maximum Gasteiger partial charge on any atom is 0.363 e. The zero-order chi connectivity index (χ0) is 10.0. The van der Waals surface area contributed by atoms with Crippen LogP contribution in [0.15, 0.2) is 15.3 Å². The Bertz CT molecular complexity index is 394. The molecule has 0 fully saturated rings. The molecule has 2 N–H and O–H groups in total. The van der Waals surface area contributed by atoms with Crippen molar-refractivity contribution in [1.29, 1.82) is 0 Å². The summed E-state index contributed by atoms with van der Waals surface area (Å²) in [4.78, 5) is 21.7. The van der Waals surface area contributed by atoms with E-state index in [0.717, 1.165) is 0 Å². The van der Waals surface area contributed by atoms with Crippen LogP contribution >= 0.6 is 0 Å². The fourth-order valence-corrected chi connectivity index (χ4v) is 0.887. The molecule has 0 saturated carbocycles. The number of amides is 1. The van der Waals surface area contributed by atoms with Crippen LogP contribution in [-0.2, 0) is 4.79 Å². The molecule has 1 rings (SSSR count). The molecule has 1 aromatic heterocycles. The zero-order valence-corrected chi connectivity index (χ0v) is 7.25. The topological polar surface area (TPSA) is 79.5 Å². The van der Waals surface area contributed by atoms with Crippen molar-refractivity contribution < 1.29 is 14.3 Å². The van der Waals surface area contributed by atoms with Gasteiger partial charge in [-0.05, 0) is 6.92 Å². The molecule has 1 amide bonds. The minimum Gasteiger partial charge on any atom is -0.505 e. The highest BCUT2D eigenvalue weighted by Crippen LogP contribution is 2.18. The summed E-state index contributed by atoms with van der Waals surface area (Å²) in [6.07, 6.45) is 0. The van der Waals surface area contributed by atoms with Crippen molar-refractivity contribution >= 4 is 11.6 Å². The van der Waals surface area contributed by atoms with Crippen LogP contribution in [0.5, 0.6) is 5.75 Å². The largest absolute Gasteiger partial charge is 0.505 e. The van der Waals surface area contributed by atoms with E-state index >= 15 is 0 Å². The first-order valence-electron chi connectivity index (χ1n) is 3.62. The van der Waals surface area contributed by atoms with Gasteiger partial charge in [-0.2, -0.15) is 0 Å². The van der Waals surface area contributed by atoms with Gasteiger partial charge < -0.3 is 14.8 Å². The maximum atomic E-state index is 11.1. The van der Waals surface area contributed by atoms with Gasteiger partial charge in [0.25, 0.3) is 0 Å². The molecule has 0 aliphatic carbocycles. The Balaban J connectivity index is 3.21. The van der Waals surface area contributed by atoms with E-state index in [1.807, 2.05) is 0 Å². The second kappa shape index (κ2) is 3.30. The van der Waals surface area contributed by atoms with Gasteiger partial charge in [-0.1, -0.05) is 0 Å². The van der Waals surface area contributed by atoms with Gasteiger partial charge in [0, 0.05) is 13.0 Å². The molecule has 0 spiro atoms. The van der Waals surface area contributed by atoms with Gasteiger partial charge in [0.05, 0.1) is 0 Å². The van der Waals surface area contributed by atoms with E-state index in [4.69, 9.17) is 0 Å². The number of anilines is 1. The lowest BCUT2D eigenvalue weighted by Gasteiger charge is -2.02. The number of hydrogen-bond donors (Lipinski definition) is 2. The third-order valence-electron chi connectivity index (χ3n) is 1.35. The van der Waals surface area contributed by atoms with E-state index in [1.165, 1.54) is 19.9 Å². The molecular weight excluding hydrogens is 174 g/mol. The Morgan fingerprint density at radius 2 is 2.23 bits per heavy atom. The predicted molar refractivity (Wildman–Crippen MR) is 45.7 cm³/mol. The highest BCUT2D eigenvalue weighted by molar-refractivity contribution is 5.89. The van der Waals surface area contributed by atoms with Gasteiger partial charge in [-0.25, -0.2) is 4.79 Å². The Morgan fingerprint density at radius 3 is 2.69 bits per heavy atom. The van der Waals surface area contributed by atoms with Crippen molar-refractivity contribution in [2.75, 3.05) is 5.32 Å². The molecule has 0 radical (unpaired) electrons. The van der Waals surface area contributed by atoms with Gasteiger partial charge in [0.2, 0.25) is 5.91 Å². The third-order valence-corrected chi connectivity index (χ3v) is 1.35. The maximum absolute atomic E-state index is 11.1. The minimum absolute atomic E-state index is 0.224. The first kappa shape index (κ1) is 9.31. The molecule has 0 atom stereocenters. The summed E-state index contributed by atoms with van der Waals surface area (Å²) in [5.41, 5.74) is -0.981. The Morgan fingerprint density at radius 1 is 1.62 bits per heavy atom. The molecule has 0 aliphatic heterocycles. The number of hydrogen-bond acceptors (Lipinski definition) is 4. The summed E-state index contributed by atoms with van der Waals surface area (Å²) in [6.45, 7) is 2.76. The zero-order valence-electron chi connectivity index (χ0n) is 7.25. The highest BCUT2D eigenvalue weighted by atomic mass is 16.4. The SMILES string of the molecule is CC(=O)Nc1c(O)cc(C)oc1=O. The third kappa shape index (κ3) is 2.08. The van der Waals surface area contributed by atoms with Crippen LogP contribution in [0, 0.1) is 6.92 Å². The molecule has 0 aromatic carbocycles. The molecular formula is C8H9NO4. The fraction of sp³-hybridized carbons (Fsp3) is 0.250. The van der Waals surface area contributed by atoms with E-state index < -0.39 is 11.5 Å². The van der Waals surface area contributed by atoms with Crippen LogP contribution in [0.4, 0.5) is 5.69 Å². The van der Waals surface area contributed by atoms with Crippen LogP contribution < -0.4 is 10.9 Å². The number of carbonyl (C=O) groups excluding carboxylic acids is 1. The summed E-state index contributed by atoms with van der Waals surface area (Å²) < 4.78 is 4.66. The van der Waals surface area contributed by atoms with E-state index in [1.54, 1.807) is 0 Å². The van der Waals surface area contributed by atoms with Gasteiger partial charge in [0.15, 0.2) is 5.69 Å². The molecule has 70 valence electrons. The first-order chi connectivity index (χ1) is 6.00. The Kier molecular flexibility index (Phi) is 2.36. The molecule has 1 aromatic rings. The molecule has 5 nitrogen and oxygen atoms in total. The normalized spacial score (nSPS) is 9.69. The molecule has 0 saturated heterocycles. The lowest BCUT2D eigenvalue weighted by Crippen LogP contribution is -2.14. The Labute approximate surface area is 74.0 Å². The van der Waals surface area contributed by atoms with Gasteiger partial charge >= 0.3 is 5.63 Å². The summed E-state index contributed by atoms with van der Waals surface area (Å²) in [7, 11) is 0. The molecule has 0 bridgehead atoms. The van der Waals surface area contributed by atoms with E-state index in [-0.39, 0.29) is 17.2 Å². The lowest BCUT2D eigenvalue weighted by molar-refractivity contribution is -0.114. The summed E-state index contributed by atoms with van der Waals surface area (Å²) in [6, 6.07) is 1.26. The molecule has 0 unspecified atom stereocenters. The second-order valence-corrected chi connectivity index (χ2v) is 2.59. The second-order valence-electron chi connectivity index (χ2n) is 2.59. The number of rotatable bonds is 1. The standard InChI is InChI=1S/C8H9NO4/c1-4-3-6(11)7(8(12)13-4)9-5(2)10/h3,11H,1-2H3,(H,9,10). The lowest BCUT2D eigenvalue weighted by atomic mass is 10.3. The molecule has 13 heavy (non-hydrogen) atoms. The van der Waals surface area contributed by atoms with E-state index in [0.29, 0.717) is 0 Å². The van der Waals surface area contributed by atoms with Crippen molar-refractivity contribution in [2.45, 2.75) is 13.8 Å². The average Bonchev–Trinajstić information content (AvgIpc) is 1.96. The molecule has 1 heterocycles. The number of aromatic hydroxyl groups is 1. The van der Waals surface area contributed by atoms with Crippen molar-refractivity contribution in [3.63, 3.8) is 0 Å².